The smallest absolute Gasteiger partial charge is 0.263 e. The largest absolute Gasteiger partial charge is 0.486 e. The predicted molar refractivity (Wildman–Crippen MR) is 114 cm³/mol. The molecule has 0 atom stereocenters. The van der Waals surface area contributed by atoms with Crippen molar-refractivity contribution in [2.24, 2.45) is 0 Å². The molecule has 3 aromatic rings. The molecule has 0 bridgehead atoms. The van der Waals surface area contributed by atoms with Crippen LogP contribution in [-0.4, -0.2) is 31.9 Å². The van der Waals surface area contributed by atoms with Crippen LogP contribution in [0.5, 0.6) is 5.75 Å². The third kappa shape index (κ3) is 4.15. The van der Waals surface area contributed by atoms with Crippen molar-refractivity contribution in [3.8, 4) is 5.75 Å². The Kier molecular flexibility index (Phi) is 5.20. The van der Waals surface area contributed by atoms with Gasteiger partial charge < -0.3 is 19.2 Å². The summed E-state index contributed by atoms with van der Waals surface area (Å²) in [5.74, 6) is 0.771. The molecule has 0 unspecified atom stereocenters. The van der Waals surface area contributed by atoms with Gasteiger partial charge in [0.15, 0.2) is 0 Å². The lowest BCUT2D eigenvalue weighted by Crippen LogP contribution is -2.40. The standard InChI is InChI=1S/C23H26N4O3/c1-23(2,3)16-6-8-18(9-7-16)30-15-20-24-13-19(21(28)25-20)22(29)27-12-11-26-10-4-5-17(26)14-27/h4-10,13H,11-12,14-15H2,1-3H3,(H,24,25,28). The van der Waals surface area contributed by atoms with E-state index in [1.165, 1.54) is 11.8 Å². The highest BCUT2D eigenvalue weighted by Gasteiger charge is 2.23. The van der Waals surface area contributed by atoms with E-state index in [4.69, 9.17) is 4.74 Å². The van der Waals surface area contributed by atoms with E-state index in [1.54, 1.807) is 4.90 Å². The number of aromatic nitrogens is 3. The summed E-state index contributed by atoms with van der Waals surface area (Å²) in [7, 11) is 0. The molecule has 0 saturated carbocycles. The molecule has 0 aliphatic carbocycles. The fourth-order valence-electron chi connectivity index (χ4n) is 3.52. The third-order valence-electron chi connectivity index (χ3n) is 5.35. The maximum absolute atomic E-state index is 12.8. The highest BCUT2D eigenvalue weighted by molar-refractivity contribution is 5.93. The van der Waals surface area contributed by atoms with E-state index < -0.39 is 5.56 Å². The Morgan fingerprint density at radius 2 is 1.93 bits per heavy atom. The van der Waals surface area contributed by atoms with Crippen LogP contribution in [0.2, 0.25) is 0 Å². The molecule has 1 aliphatic heterocycles. The van der Waals surface area contributed by atoms with Crippen molar-refractivity contribution in [3.05, 3.63) is 81.8 Å². The lowest BCUT2D eigenvalue weighted by Gasteiger charge is -2.28. The molecular weight excluding hydrogens is 380 g/mol. The van der Waals surface area contributed by atoms with Crippen LogP contribution in [0.15, 0.2) is 53.6 Å². The Hall–Kier alpha value is -3.35. The normalized spacial score (nSPS) is 13.8. The van der Waals surface area contributed by atoms with Crippen molar-refractivity contribution >= 4 is 5.91 Å². The first-order valence-electron chi connectivity index (χ1n) is 10.1. The first-order valence-corrected chi connectivity index (χ1v) is 10.1. The number of ether oxygens (including phenoxy) is 1. The Morgan fingerprint density at radius 3 is 2.63 bits per heavy atom. The molecule has 0 fully saturated rings. The van der Waals surface area contributed by atoms with E-state index in [9.17, 15) is 9.59 Å². The summed E-state index contributed by atoms with van der Waals surface area (Å²) in [5, 5.41) is 0. The molecule has 3 heterocycles. The van der Waals surface area contributed by atoms with Crippen molar-refractivity contribution in [2.75, 3.05) is 6.54 Å². The number of carbonyl (C=O) groups excluding carboxylic acids is 1. The summed E-state index contributed by atoms with van der Waals surface area (Å²) < 4.78 is 7.84. The molecule has 7 nitrogen and oxygen atoms in total. The van der Waals surface area contributed by atoms with Gasteiger partial charge in [0, 0.05) is 31.2 Å². The number of hydrogen-bond donors (Lipinski definition) is 1. The van der Waals surface area contributed by atoms with E-state index in [1.807, 2.05) is 42.6 Å². The number of benzene rings is 1. The van der Waals surface area contributed by atoms with Crippen LogP contribution < -0.4 is 10.3 Å². The maximum Gasteiger partial charge on any atom is 0.263 e. The highest BCUT2D eigenvalue weighted by atomic mass is 16.5. The molecule has 1 aromatic carbocycles. The van der Waals surface area contributed by atoms with Crippen LogP contribution in [0, 0.1) is 0 Å². The Labute approximate surface area is 175 Å². The lowest BCUT2D eigenvalue weighted by atomic mass is 9.87. The number of rotatable bonds is 4. The van der Waals surface area contributed by atoms with Gasteiger partial charge in [-0.2, -0.15) is 0 Å². The van der Waals surface area contributed by atoms with E-state index in [0.717, 1.165) is 12.2 Å². The number of nitrogens with one attached hydrogen (secondary N) is 1. The number of hydrogen-bond acceptors (Lipinski definition) is 4. The molecule has 1 N–H and O–H groups in total. The number of aromatic amines is 1. The summed E-state index contributed by atoms with van der Waals surface area (Å²) in [6, 6.07) is 11.8. The van der Waals surface area contributed by atoms with Crippen LogP contribution in [0.4, 0.5) is 0 Å². The second-order valence-corrected chi connectivity index (χ2v) is 8.56. The number of carbonyl (C=O) groups is 1. The summed E-state index contributed by atoms with van der Waals surface area (Å²) in [6.07, 6.45) is 3.34. The quantitative estimate of drug-likeness (QED) is 0.722. The molecule has 0 saturated heterocycles. The zero-order valence-electron chi connectivity index (χ0n) is 17.5. The van der Waals surface area contributed by atoms with Gasteiger partial charge in [0.05, 0.1) is 6.54 Å². The Bertz CT molecular complexity index is 1110. The molecular formula is C23H26N4O3. The van der Waals surface area contributed by atoms with Crippen molar-refractivity contribution < 1.29 is 9.53 Å². The first-order chi connectivity index (χ1) is 14.3. The van der Waals surface area contributed by atoms with Gasteiger partial charge in [-0.3, -0.25) is 9.59 Å². The van der Waals surface area contributed by atoms with Gasteiger partial charge in [-0.1, -0.05) is 32.9 Å². The van der Waals surface area contributed by atoms with Crippen molar-refractivity contribution in [1.82, 2.24) is 19.4 Å². The van der Waals surface area contributed by atoms with Crippen LogP contribution in [0.1, 0.15) is 48.2 Å². The van der Waals surface area contributed by atoms with Gasteiger partial charge in [-0.15, -0.1) is 0 Å². The van der Waals surface area contributed by atoms with Gasteiger partial charge in [0.25, 0.3) is 11.5 Å². The summed E-state index contributed by atoms with van der Waals surface area (Å²) >= 11 is 0. The molecule has 4 rings (SSSR count). The average Bonchev–Trinajstić information content (AvgIpc) is 3.19. The van der Waals surface area contributed by atoms with E-state index >= 15 is 0 Å². The molecule has 1 amide bonds. The predicted octanol–water partition coefficient (Wildman–Crippen LogP) is 3.10. The molecule has 1 aliphatic rings. The molecule has 30 heavy (non-hydrogen) atoms. The van der Waals surface area contributed by atoms with E-state index in [2.05, 4.69) is 35.3 Å². The zero-order valence-corrected chi connectivity index (χ0v) is 17.5. The summed E-state index contributed by atoms with van der Waals surface area (Å²) in [5.41, 5.74) is 1.95. The molecule has 2 aromatic heterocycles. The van der Waals surface area contributed by atoms with E-state index in [0.29, 0.717) is 24.7 Å². The highest BCUT2D eigenvalue weighted by Crippen LogP contribution is 2.24. The monoisotopic (exact) mass is 406 g/mol. The van der Waals surface area contributed by atoms with Crippen LogP contribution in [-0.2, 0) is 25.1 Å². The summed E-state index contributed by atoms with van der Waals surface area (Å²) in [4.78, 5) is 33.8. The topological polar surface area (TPSA) is 80.2 Å². The fourth-order valence-corrected chi connectivity index (χ4v) is 3.52. The van der Waals surface area contributed by atoms with Crippen molar-refractivity contribution in [2.45, 2.75) is 45.9 Å². The maximum atomic E-state index is 12.8. The SMILES string of the molecule is CC(C)(C)c1ccc(OCc2ncc(C(=O)N3CCn4cccc4C3)c(=O)[nH]2)cc1. The van der Waals surface area contributed by atoms with Crippen LogP contribution in [0.25, 0.3) is 0 Å². The average molecular weight is 406 g/mol. The number of amides is 1. The third-order valence-corrected chi connectivity index (χ3v) is 5.35. The van der Waals surface area contributed by atoms with Crippen LogP contribution >= 0.6 is 0 Å². The van der Waals surface area contributed by atoms with Gasteiger partial charge in [0.2, 0.25) is 0 Å². The number of fused-ring (bicyclic) bond motifs is 1. The minimum atomic E-state index is -0.447. The minimum absolute atomic E-state index is 0.0493. The Balaban J connectivity index is 1.41. The fraction of sp³-hybridized carbons (Fsp3) is 0.348. The van der Waals surface area contributed by atoms with Gasteiger partial charge >= 0.3 is 0 Å². The molecule has 0 spiro atoms. The second kappa shape index (κ2) is 7.82. The first kappa shape index (κ1) is 19.9. The molecule has 156 valence electrons. The van der Waals surface area contributed by atoms with Gasteiger partial charge in [-0.25, -0.2) is 4.98 Å². The minimum Gasteiger partial charge on any atom is -0.486 e. The Morgan fingerprint density at radius 1 is 1.17 bits per heavy atom. The van der Waals surface area contributed by atoms with Crippen LogP contribution in [0.3, 0.4) is 0 Å². The number of nitrogens with zero attached hydrogens (tertiary/aromatic N) is 3. The van der Waals surface area contributed by atoms with Crippen molar-refractivity contribution in [3.63, 3.8) is 0 Å². The van der Waals surface area contributed by atoms with Gasteiger partial charge in [-0.05, 0) is 35.2 Å². The van der Waals surface area contributed by atoms with E-state index in [-0.39, 0.29) is 23.5 Å². The second-order valence-electron chi connectivity index (χ2n) is 8.56. The zero-order chi connectivity index (χ0) is 21.3. The molecule has 7 heteroatoms. The van der Waals surface area contributed by atoms with Crippen molar-refractivity contribution in [1.29, 1.82) is 0 Å². The lowest BCUT2D eigenvalue weighted by molar-refractivity contribution is 0.0708. The molecule has 0 radical (unpaired) electrons. The number of H-pyrrole nitrogens is 1. The summed E-state index contributed by atoms with van der Waals surface area (Å²) in [6.45, 7) is 8.36. The van der Waals surface area contributed by atoms with Gasteiger partial charge in [0.1, 0.15) is 23.7 Å².